The highest BCUT2D eigenvalue weighted by molar-refractivity contribution is 6.09. The molecule has 1 unspecified atom stereocenters. The molecule has 0 bridgehead atoms. The summed E-state index contributed by atoms with van der Waals surface area (Å²) >= 11 is 0. The van der Waals surface area contributed by atoms with Crippen LogP contribution in [0.25, 0.3) is 0 Å². The molecule has 28 heavy (non-hydrogen) atoms. The van der Waals surface area contributed by atoms with E-state index < -0.39 is 30.5 Å². The van der Waals surface area contributed by atoms with Crippen LogP contribution in [0.15, 0.2) is 54.6 Å². The molecule has 0 radical (unpaired) electrons. The van der Waals surface area contributed by atoms with E-state index in [0.29, 0.717) is 12.1 Å². The van der Waals surface area contributed by atoms with Gasteiger partial charge in [-0.3, -0.25) is 9.59 Å². The Morgan fingerprint density at radius 3 is 2.39 bits per heavy atom. The third-order valence-electron chi connectivity index (χ3n) is 5.04. The Kier molecular flexibility index (Phi) is 5.45. The van der Waals surface area contributed by atoms with Crippen molar-refractivity contribution >= 4 is 17.5 Å². The molecule has 1 N–H and O–H groups in total. The van der Waals surface area contributed by atoms with Gasteiger partial charge in [0, 0.05) is 25.7 Å². The van der Waals surface area contributed by atoms with Gasteiger partial charge in [0.2, 0.25) is 11.8 Å². The van der Waals surface area contributed by atoms with Crippen LogP contribution < -0.4 is 10.2 Å². The van der Waals surface area contributed by atoms with Crippen molar-refractivity contribution in [1.29, 1.82) is 0 Å². The minimum atomic E-state index is -4.34. The van der Waals surface area contributed by atoms with Gasteiger partial charge in [-0.15, -0.1) is 0 Å². The van der Waals surface area contributed by atoms with Crippen molar-refractivity contribution in [2.24, 2.45) is 0 Å². The zero-order valence-electron chi connectivity index (χ0n) is 15.4. The number of anilines is 1. The molecule has 0 aromatic heterocycles. The summed E-state index contributed by atoms with van der Waals surface area (Å²) in [5.74, 6) is -0.804. The summed E-state index contributed by atoms with van der Waals surface area (Å²) in [4.78, 5) is 27.2. The van der Waals surface area contributed by atoms with Crippen LogP contribution in [0.3, 0.4) is 0 Å². The highest BCUT2D eigenvalue weighted by atomic mass is 19.4. The summed E-state index contributed by atoms with van der Waals surface area (Å²) in [6, 6.07) is 16.5. The zero-order chi connectivity index (χ0) is 20.4. The number of hydrogen-bond donors (Lipinski definition) is 1. The topological polar surface area (TPSA) is 49.4 Å². The SMILES string of the molecule is CN1C(=O)C(CC(=O)NCCC(F)(F)F)(Cc2ccccc2)c2ccccc21. The summed E-state index contributed by atoms with van der Waals surface area (Å²) < 4.78 is 37.1. The molecule has 1 heterocycles. The van der Waals surface area contributed by atoms with Crippen molar-refractivity contribution in [3.05, 3.63) is 65.7 Å². The Morgan fingerprint density at radius 1 is 1.07 bits per heavy atom. The number of nitrogens with one attached hydrogen (secondary N) is 1. The van der Waals surface area contributed by atoms with Crippen molar-refractivity contribution in [2.45, 2.75) is 30.9 Å². The van der Waals surface area contributed by atoms with E-state index in [2.05, 4.69) is 5.32 Å². The largest absolute Gasteiger partial charge is 0.390 e. The average molecular weight is 390 g/mol. The third kappa shape index (κ3) is 4.03. The second kappa shape index (κ2) is 7.66. The summed E-state index contributed by atoms with van der Waals surface area (Å²) in [7, 11) is 1.65. The summed E-state index contributed by atoms with van der Waals surface area (Å²) in [5, 5.41) is 2.31. The maximum atomic E-state index is 13.2. The smallest absolute Gasteiger partial charge is 0.356 e. The molecule has 1 aliphatic rings. The van der Waals surface area contributed by atoms with Crippen LogP contribution in [0.1, 0.15) is 24.0 Å². The highest BCUT2D eigenvalue weighted by Crippen LogP contribution is 2.45. The van der Waals surface area contributed by atoms with Gasteiger partial charge in [-0.1, -0.05) is 48.5 Å². The number of benzene rings is 2. The molecule has 0 saturated carbocycles. The van der Waals surface area contributed by atoms with Crippen molar-refractivity contribution in [1.82, 2.24) is 5.32 Å². The van der Waals surface area contributed by atoms with Crippen LogP contribution in [0.5, 0.6) is 0 Å². The number of carbonyl (C=O) groups is 2. The number of amides is 2. The van der Waals surface area contributed by atoms with Gasteiger partial charge < -0.3 is 10.2 Å². The number of fused-ring (bicyclic) bond motifs is 1. The second-order valence-corrected chi connectivity index (χ2v) is 7.02. The van der Waals surface area contributed by atoms with E-state index in [1.54, 1.807) is 13.1 Å². The lowest BCUT2D eigenvalue weighted by Gasteiger charge is -2.28. The number of nitrogens with zero attached hydrogens (tertiary/aromatic N) is 1. The molecular weight excluding hydrogens is 369 g/mol. The first-order chi connectivity index (χ1) is 13.2. The third-order valence-corrected chi connectivity index (χ3v) is 5.04. The Hall–Kier alpha value is -2.83. The van der Waals surface area contributed by atoms with Crippen LogP contribution >= 0.6 is 0 Å². The second-order valence-electron chi connectivity index (χ2n) is 7.02. The molecule has 148 valence electrons. The minimum Gasteiger partial charge on any atom is -0.356 e. The molecular formula is C21H21F3N2O2. The minimum absolute atomic E-state index is 0.208. The van der Waals surface area contributed by atoms with Gasteiger partial charge in [-0.25, -0.2) is 0 Å². The lowest BCUT2D eigenvalue weighted by molar-refractivity contribution is -0.137. The predicted molar refractivity (Wildman–Crippen MR) is 100.0 cm³/mol. The van der Waals surface area contributed by atoms with E-state index in [1.807, 2.05) is 48.5 Å². The number of hydrogen-bond acceptors (Lipinski definition) is 2. The Balaban J connectivity index is 1.90. The molecule has 7 heteroatoms. The van der Waals surface area contributed by atoms with Crippen LogP contribution in [0, 0.1) is 0 Å². The fourth-order valence-electron chi connectivity index (χ4n) is 3.75. The van der Waals surface area contributed by atoms with E-state index in [4.69, 9.17) is 0 Å². The molecule has 1 aliphatic heterocycles. The standard InChI is InChI=1S/C21H21F3N2O2/c1-26-17-10-6-5-9-16(17)20(19(26)28,13-15-7-3-2-4-8-15)14-18(27)25-12-11-21(22,23)24/h2-10H,11-14H2,1H3,(H,25,27). The Labute approximate surface area is 161 Å². The average Bonchev–Trinajstić information content (AvgIpc) is 2.84. The summed E-state index contributed by atoms with van der Waals surface area (Å²) in [5.41, 5.74) is 1.17. The normalized spacial score (nSPS) is 18.9. The van der Waals surface area contributed by atoms with Crippen molar-refractivity contribution in [2.75, 3.05) is 18.5 Å². The fourth-order valence-corrected chi connectivity index (χ4v) is 3.75. The van der Waals surface area contributed by atoms with Crippen LogP contribution in [0.4, 0.5) is 18.9 Å². The van der Waals surface area contributed by atoms with E-state index in [0.717, 1.165) is 11.1 Å². The lowest BCUT2D eigenvalue weighted by atomic mass is 9.73. The van der Waals surface area contributed by atoms with Gasteiger partial charge in [0.25, 0.3) is 0 Å². The van der Waals surface area contributed by atoms with Crippen molar-refractivity contribution in [3.8, 4) is 0 Å². The summed E-state index contributed by atoms with van der Waals surface area (Å²) in [6.07, 6.45) is -5.36. The predicted octanol–water partition coefficient (Wildman–Crippen LogP) is 3.60. The quantitative estimate of drug-likeness (QED) is 0.819. The fraction of sp³-hybridized carbons (Fsp3) is 0.333. The molecule has 0 saturated heterocycles. The van der Waals surface area contributed by atoms with Crippen LogP contribution in [-0.2, 0) is 21.4 Å². The first-order valence-electron chi connectivity index (χ1n) is 8.98. The monoisotopic (exact) mass is 390 g/mol. The molecule has 4 nitrogen and oxygen atoms in total. The Morgan fingerprint density at radius 2 is 1.71 bits per heavy atom. The van der Waals surface area contributed by atoms with Crippen molar-refractivity contribution < 1.29 is 22.8 Å². The van der Waals surface area contributed by atoms with Crippen molar-refractivity contribution in [3.63, 3.8) is 0 Å². The highest BCUT2D eigenvalue weighted by Gasteiger charge is 2.50. The van der Waals surface area contributed by atoms with E-state index >= 15 is 0 Å². The number of alkyl halides is 3. The molecule has 2 aromatic rings. The first-order valence-corrected chi connectivity index (χ1v) is 8.98. The first kappa shape index (κ1) is 19.9. The molecule has 2 amide bonds. The maximum absolute atomic E-state index is 13.2. The number of para-hydroxylation sites is 1. The van der Waals surface area contributed by atoms with Gasteiger partial charge in [0.05, 0.1) is 11.8 Å². The number of rotatable bonds is 6. The van der Waals surface area contributed by atoms with Crippen LogP contribution in [0.2, 0.25) is 0 Å². The lowest BCUT2D eigenvalue weighted by Crippen LogP contribution is -2.44. The van der Waals surface area contributed by atoms with Gasteiger partial charge in [0.15, 0.2) is 0 Å². The number of halogens is 3. The molecule has 0 fully saturated rings. The number of likely N-dealkylation sites (N-methyl/N-ethyl adjacent to an activating group) is 1. The Bertz CT molecular complexity index is 867. The summed E-state index contributed by atoms with van der Waals surface area (Å²) in [6.45, 7) is -0.505. The molecule has 0 aliphatic carbocycles. The van der Waals surface area contributed by atoms with E-state index in [1.165, 1.54) is 4.90 Å². The van der Waals surface area contributed by atoms with Crippen LogP contribution in [-0.4, -0.2) is 31.6 Å². The molecule has 2 aromatic carbocycles. The van der Waals surface area contributed by atoms with Gasteiger partial charge in [-0.2, -0.15) is 13.2 Å². The van der Waals surface area contributed by atoms with Gasteiger partial charge >= 0.3 is 6.18 Å². The zero-order valence-corrected chi connectivity index (χ0v) is 15.4. The van der Waals surface area contributed by atoms with E-state index in [-0.39, 0.29) is 12.3 Å². The van der Waals surface area contributed by atoms with Gasteiger partial charge in [-0.05, 0) is 23.6 Å². The maximum Gasteiger partial charge on any atom is 0.390 e. The number of carbonyl (C=O) groups excluding carboxylic acids is 2. The molecule has 1 atom stereocenters. The molecule has 0 spiro atoms. The van der Waals surface area contributed by atoms with E-state index in [9.17, 15) is 22.8 Å². The van der Waals surface area contributed by atoms with Gasteiger partial charge in [0.1, 0.15) is 0 Å². The molecule has 3 rings (SSSR count).